The fraction of sp³-hybridized carbons (Fsp3) is 0.300. The molecule has 0 aliphatic heterocycles. The summed E-state index contributed by atoms with van der Waals surface area (Å²) in [5.74, 6) is -0.610. The van der Waals surface area contributed by atoms with E-state index in [0.29, 0.717) is 5.56 Å². The second kappa shape index (κ2) is 4.18. The number of nitrogens with zero attached hydrogens (tertiary/aromatic N) is 1. The molecule has 14 heavy (non-hydrogen) atoms. The Labute approximate surface area is 81.6 Å². The zero-order valence-corrected chi connectivity index (χ0v) is 7.74. The molecule has 0 spiro atoms. The molecule has 0 saturated heterocycles. The monoisotopic (exact) mass is 194 g/mol. The summed E-state index contributed by atoms with van der Waals surface area (Å²) >= 11 is 0. The highest BCUT2D eigenvalue weighted by atomic mass is 19.1. The summed E-state index contributed by atoms with van der Waals surface area (Å²) in [7, 11) is 0. The van der Waals surface area contributed by atoms with Crippen molar-refractivity contribution < 1.29 is 9.50 Å². The average molecular weight is 194 g/mol. The van der Waals surface area contributed by atoms with Gasteiger partial charge in [0.05, 0.1) is 17.7 Å². The molecule has 3 N–H and O–H groups in total. The standard InChI is InChI=1S/C10H11FN2O/c1-6(14)10(13)7-3-2-4-9(11)8(7)5-12/h2-4,6,10,14H,13H2,1H3/t6-,10+/m0/s1. The summed E-state index contributed by atoms with van der Waals surface area (Å²) in [4.78, 5) is 0. The lowest BCUT2D eigenvalue weighted by molar-refractivity contribution is 0.164. The van der Waals surface area contributed by atoms with E-state index in [0.717, 1.165) is 0 Å². The SMILES string of the molecule is C[C@H](O)[C@@H](N)c1cccc(F)c1C#N. The molecule has 0 radical (unpaired) electrons. The Hall–Kier alpha value is -1.44. The van der Waals surface area contributed by atoms with Gasteiger partial charge in [0.25, 0.3) is 0 Å². The average Bonchev–Trinajstić information content (AvgIpc) is 2.16. The lowest BCUT2D eigenvalue weighted by Crippen LogP contribution is -2.24. The predicted octanol–water partition coefficient (Wildman–Crippen LogP) is 1.08. The maximum absolute atomic E-state index is 13.1. The Morgan fingerprint density at radius 2 is 2.21 bits per heavy atom. The molecule has 2 atom stereocenters. The molecular weight excluding hydrogens is 183 g/mol. The van der Waals surface area contributed by atoms with Gasteiger partial charge in [0, 0.05) is 0 Å². The van der Waals surface area contributed by atoms with Crippen LogP contribution in [0.4, 0.5) is 4.39 Å². The molecule has 0 unspecified atom stereocenters. The third-order valence-electron chi connectivity index (χ3n) is 2.04. The molecule has 1 aromatic carbocycles. The number of hydrogen-bond acceptors (Lipinski definition) is 3. The smallest absolute Gasteiger partial charge is 0.141 e. The number of nitriles is 1. The van der Waals surface area contributed by atoms with Crippen LogP contribution in [0.25, 0.3) is 0 Å². The van der Waals surface area contributed by atoms with Crippen LogP contribution in [-0.4, -0.2) is 11.2 Å². The highest BCUT2D eigenvalue weighted by Crippen LogP contribution is 2.20. The van der Waals surface area contributed by atoms with Crippen LogP contribution in [0.15, 0.2) is 18.2 Å². The second-order valence-corrected chi connectivity index (χ2v) is 3.08. The van der Waals surface area contributed by atoms with Gasteiger partial charge in [-0.1, -0.05) is 12.1 Å². The number of rotatable bonds is 2. The van der Waals surface area contributed by atoms with E-state index in [-0.39, 0.29) is 5.56 Å². The zero-order chi connectivity index (χ0) is 10.7. The van der Waals surface area contributed by atoms with Gasteiger partial charge in [-0.2, -0.15) is 5.26 Å². The van der Waals surface area contributed by atoms with Gasteiger partial charge in [0.1, 0.15) is 11.9 Å². The van der Waals surface area contributed by atoms with E-state index in [1.165, 1.54) is 19.1 Å². The van der Waals surface area contributed by atoms with Crippen LogP contribution < -0.4 is 5.73 Å². The first-order valence-corrected chi connectivity index (χ1v) is 4.20. The van der Waals surface area contributed by atoms with Crippen molar-refractivity contribution in [2.45, 2.75) is 19.1 Å². The first-order chi connectivity index (χ1) is 6.57. The van der Waals surface area contributed by atoms with E-state index in [1.807, 2.05) is 0 Å². The van der Waals surface area contributed by atoms with Crippen LogP contribution in [0.1, 0.15) is 24.1 Å². The van der Waals surface area contributed by atoms with Crippen molar-refractivity contribution in [3.8, 4) is 6.07 Å². The van der Waals surface area contributed by atoms with Gasteiger partial charge in [-0.3, -0.25) is 0 Å². The first kappa shape index (κ1) is 10.6. The van der Waals surface area contributed by atoms with Crippen LogP contribution in [0.5, 0.6) is 0 Å². The molecule has 0 saturated carbocycles. The van der Waals surface area contributed by atoms with E-state index >= 15 is 0 Å². The summed E-state index contributed by atoms with van der Waals surface area (Å²) < 4.78 is 13.1. The lowest BCUT2D eigenvalue weighted by atomic mass is 9.98. The van der Waals surface area contributed by atoms with Gasteiger partial charge in [-0.05, 0) is 18.6 Å². The predicted molar refractivity (Wildman–Crippen MR) is 49.7 cm³/mol. The molecule has 0 bridgehead atoms. The fourth-order valence-corrected chi connectivity index (χ4v) is 1.20. The molecule has 74 valence electrons. The number of nitrogens with two attached hydrogens (primary N) is 1. The maximum Gasteiger partial charge on any atom is 0.141 e. The van der Waals surface area contributed by atoms with Crippen molar-refractivity contribution in [3.63, 3.8) is 0 Å². The molecule has 4 heteroatoms. The van der Waals surface area contributed by atoms with E-state index in [9.17, 15) is 9.50 Å². The van der Waals surface area contributed by atoms with Gasteiger partial charge in [-0.25, -0.2) is 4.39 Å². The minimum atomic E-state index is -0.816. The van der Waals surface area contributed by atoms with E-state index in [1.54, 1.807) is 12.1 Å². The number of benzene rings is 1. The third-order valence-corrected chi connectivity index (χ3v) is 2.04. The van der Waals surface area contributed by atoms with Crippen LogP contribution in [0, 0.1) is 17.1 Å². The molecule has 0 heterocycles. The quantitative estimate of drug-likeness (QED) is 0.740. The molecule has 1 aromatic rings. The Balaban J connectivity index is 3.22. The van der Waals surface area contributed by atoms with Gasteiger partial charge >= 0.3 is 0 Å². The summed E-state index contributed by atoms with van der Waals surface area (Å²) in [6.45, 7) is 1.50. The summed E-state index contributed by atoms with van der Waals surface area (Å²) in [6.07, 6.45) is -0.816. The normalized spacial score (nSPS) is 14.5. The Morgan fingerprint density at radius 3 is 2.71 bits per heavy atom. The van der Waals surface area contributed by atoms with Crippen LogP contribution in [0.3, 0.4) is 0 Å². The zero-order valence-electron chi connectivity index (χ0n) is 7.74. The lowest BCUT2D eigenvalue weighted by Gasteiger charge is -2.16. The maximum atomic E-state index is 13.1. The van der Waals surface area contributed by atoms with Crippen molar-refractivity contribution >= 4 is 0 Å². The van der Waals surface area contributed by atoms with E-state index in [2.05, 4.69) is 0 Å². The molecule has 0 fully saturated rings. The van der Waals surface area contributed by atoms with Crippen LogP contribution in [-0.2, 0) is 0 Å². The fourth-order valence-electron chi connectivity index (χ4n) is 1.20. The molecule has 3 nitrogen and oxygen atoms in total. The van der Waals surface area contributed by atoms with E-state index < -0.39 is 18.0 Å². The van der Waals surface area contributed by atoms with Crippen molar-refractivity contribution in [1.29, 1.82) is 5.26 Å². The summed E-state index contributed by atoms with van der Waals surface area (Å²) in [5.41, 5.74) is 5.85. The molecule has 1 rings (SSSR count). The summed E-state index contributed by atoms with van der Waals surface area (Å²) in [6, 6.07) is 5.20. The van der Waals surface area contributed by atoms with Gasteiger partial charge in [0.15, 0.2) is 0 Å². The van der Waals surface area contributed by atoms with Crippen molar-refractivity contribution in [2.75, 3.05) is 0 Å². The Kier molecular flexibility index (Phi) is 3.18. The number of aliphatic hydroxyl groups is 1. The van der Waals surface area contributed by atoms with Crippen molar-refractivity contribution in [1.82, 2.24) is 0 Å². The molecule has 0 amide bonds. The Bertz CT molecular complexity index is 371. The molecule has 0 aliphatic carbocycles. The van der Waals surface area contributed by atoms with Crippen LogP contribution in [0.2, 0.25) is 0 Å². The van der Waals surface area contributed by atoms with Gasteiger partial charge in [0.2, 0.25) is 0 Å². The topological polar surface area (TPSA) is 70.0 Å². The highest BCUT2D eigenvalue weighted by Gasteiger charge is 2.17. The van der Waals surface area contributed by atoms with E-state index in [4.69, 9.17) is 11.0 Å². The van der Waals surface area contributed by atoms with Crippen molar-refractivity contribution in [3.05, 3.63) is 35.1 Å². The molecule has 0 aliphatic rings. The number of aliphatic hydroxyl groups excluding tert-OH is 1. The number of halogens is 1. The largest absolute Gasteiger partial charge is 0.391 e. The molecule has 0 aromatic heterocycles. The highest BCUT2D eigenvalue weighted by molar-refractivity contribution is 5.40. The first-order valence-electron chi connectivity index (χ1n) is 4.20. The van der Waals surface area contributed by atoms with Crippen LogP contribution >= 0.6 is 0 Å². The molecular formula is C10H11FN2O. The minimum absolute atomic E-state index is 0.0964. The van der Waals surface area contributed by atoms with Gasteiger partial charge < -0.3 is 10.8 Å². The Morgan fingerprint density at radius 1 is 1.57 bits per heavy atom. The van der Waals surface area contributed by atoms with Gasteiger partial charge in [-0.15, -0.1) is 0 Å². The summed E-state index contributed by atoms with van der Waals surface area (Å²) in [5, 5.41) is 17.9. The minimum Gasteiger partial charge on any atom is -0.391 e. The number of hydrogen-bond donors (Lipinski definition) is 2. The second-order valence-electron chi connectivity index (χ2n) is 3.08. The third kappa shape index (κ3) is 1.90. The van der Waals surface area contributed by atoms with Crippen molar-refractivity contribution in [2.24, 2.45) is 5.73 Å².